The zero-order chi connectivity index (χ0) is 11.7. The van der Waals surface area contributed by atoms with Crippen LogP contribution in [0.4, 0.5) is 0 Å². The van der Waals surface area contributed by atoms with Gasteiger partial charge in [-0.25, -0.2) is 0 Å². The average Bonchev–Trinajstić information content (AvgIpc) is 2.19. The summed E-state index contributed by atoms with van der Waals surface area (Å²) in [6, 6.07) is 8.59. The first kappa shape index (κ1) is 17.3. The molecule has 0 atom stereocenters. The quantitative estimate of drug-likeness (QED) is 0.419. The molecular weight excluding hydrogens is 295 g/mol. The first-order chi connectivity index (χ1) is 7.06. The van der Waals surface area contributed by atoms with Crippen molar-refractivity contribution < 1.29 is 45.7 Å². The van der Waals surface area contributed by atoms with E-state index in [1.807, 2.05) is 6.07 Å². The zero-order valence-corrected chi connectivity index (χ0v) is 10.2. The van der Waals surface area contributed by atoms with Crippen LogP contribution in [0.2, 0.25) is 0 Å². The van der Waals surface area contributed by atoms with Gasteiger partial charge in [-0.15, -0.1) is 0 Å². The van der Waals surface area contributed by atoms with Gasteiger partial charge in [-0.1, -0.05) is 18.2 Å². The first-order valence-corrected chi connectivity index (χ1v) is 3.92. The monoisotopic (exact) mass is 307 g/mol. The third-order valence-electron chi connectivity index (χ3n) is 1.13. The molecule has 1 aromatic rings. The summed E-state index contributed by atoms with van der Waals surface area (Å²) in [7, 11) is -1.73. The van der Waals surface area contributed by atoms with E-state index in [4.69, 9.17) is 15.2 Å². The van der Waals surface area contributed by atoms with Crippen LogP contribution in [0, 0.1) is 6.58 Å². The molecule has 1 aromatic carbocycles. The van der Waals surface area contributed by atoms with Crippen molar-refractivity contribution in [3.8, 4) is 5.75 Å². The molecule has 0 heterocycles. The van der Waals surface area contributed by atoms with E-state index in [2.05, 4.69) is 11.2 Å². The number of benzene rings is 1. The summed E-state index contributed by atoms with van der Waals surface area (Å²) >= 11 is 0. The van der Waals surface area contributed by atoms with Crippen LogP contribution in [0.15, 0.2) is 36.4 Å². The molecule has 3 N–H and O–H groups in total. The molecule has 16 heavy (non-hydrogen) atoms. The number of hydrogen-bond acceptors (Lipinski definition) is 4. The minimum absolute atomic E-state index is 0. The van der Waals surface area contributed by atoms with E-state index in [0.29, 0.717) is 11.8 Å². The normalized spacial score (nSPS) is 7.62. The summed E-state index contributed by atoms with van der Waals surface area (Å²) in [5.41, 5.74) is 0. The van der Waals surface area contributed by atoms with Gasteiger partial charge in [0.15, 0.2) is 5.97 Å². The van der Waals surface area contributed by atoms with Crippen molar-refractivity contribution in [3.05, 3.63) is 43.0 Å². The van der Waals surface area contributed by atoms with E-state index in [1.54, 1.807) is 24.3 Å². The van der Waals surface area contributed by atoms with Gasteiger partial charge in [0.25, 0.3) is 0 Å². The molecule has 1 rings (SSSR count). The third-order valence-corrected chi connectivity index (χ3v) is 1.13. The molecule has 0 unspecified atom stereocenters. The Kier molecular flexibility index (Phi) is 11.3. The molecular formula is C9H10BMoO5-. The number of aliphatic carboxylic acids is 1. The average molecular weight is 305 g/mol. The fourth-order valence-corrected chi connectivity index (χ4v) is 0.621. The number of hydrogen-bond donors (Lipinski definition) is 3. The second-order valence-corrected chi connectivity index (χ2v) is 2.26. The second kappa shape index (κ2) is 10.4. The molecule has 0 radical (unpaired) electrons. The van der Waals surface area contributed by atoms with Crippen molar-refractivity contribution in [3.63, 3.8) is 0 Å². The minimum atomic E-state index is -1.73. The molecule has 0 saturated carbocycles. The first-order valence-electron chi connectivity index (χ1n) is 3.92. The van der Waals surface area contributed by atoms with Crippen molar-refractivity contribution in [1.82, 2.24) is 0 Å². The molecule has 0 aliphatic heterocycles. The van der Waals surface area contributed by atoms with E-state index < -0.39 is 13.3 Å². The predicted octanol–water partition coefficient (Wildman–Crippen LogP) is 0.0926. The Labute approximate surface area is 108 Å². The van der Waals surface area contributed by atoms with Crippen LogP contribution in [-0.4, -0.2) is 28.4 Å². The van der Waals surface area contributed by atoms with Gasteiger partial charge >= 0.3 is 7.32 Å². The second-order valence-electron chi connectivity index (χ2n) is 2.26. The SMILES string of the molecule is OB(O)Oc1ccccc1.[CH-]=CC(=O)O.[Mo]. The minimum Gasteiger partial charge on any atom is -0.562 e. The van der Waals surface area contributed by atoms with E-state index >= 15 is 0 Å². The van der Waals surface area contributed by atoms with Gasteiger partial charge in [0.1, 0.15) is 5.75 Å². The van der Waals surface area contributed by atoms with E-state index in [-0.39, 0.29) is 21.1 Å². The fourth-order valence-electron chi connectivity index (χ4n) is 0.621. The van der Waals surface area contributed by atoms with Crippen LogP contribution in [0.3, 0.4) is 0 Å². The molecule has 0 aliphatic rings. The molecule has 0 saturated heterocycles. The van der Waals surface area contributed by atoms with Gasteiger partial charge in [-0.05, 0) is 12.1 Å². The van der Waals surface area contributed by atoms with Gasteiger partial charge in [-0.3, -0.25) is 6.58 Å². The summed E-state index contributed by atoms with van der Waals surface area (Å²) in [6.45, 7) is 4.45. The van der Waals surface area contributed by atoms with Crippen LogP contribution < -0.4 is 4.65 Å². The van der Waals surface area contributed by atoms with Crippen molar-refractivity contribution in [1.29, 1.82) is 0 Å². The summed E-state index contributed by atoms with van der Waals surface area (Å²) in [5, 5.41) is 24.2. The van der Waals surface area contributed by atoms with E-state index in [1.165, 1.54) is 0 Å². The Morgan fingerprint density at radius 3 is 2.06 bits per heavy atom. The molecule has 86 valence electrons. The van der Waals surface area contributed by atoms with E-state index in [0.717, 1.165) is 0 Å². The van der Waals surface area contributed by atoms with Crippen LogP contribution in [-0.2, 0) is 25.9 Å². The number of carboxylic acid groups (broad SMARTS) is 1. The standard InChI is InChI=1S/C6H7BO3.C3H3O2.Mo/c8-7(9)10-6-4-2-1-3-5-6;1-2-3(4)5;/h1-5,8-9H;1-2H,(H,4,5);/q;-1;. The molecule has 5 nitrogen and oxygen atoms in total. The van der Waals surface area contributed by atoms with Gasteiger partial charge in [0, 0.05) is 21.1 Å². The topological polar surface area (TPSA) is 87.0 Å². The summed E-state index contributed by atoms with van der Waals surface area (Å²) in [4.78, 5) is 9.19. The van der Waals surface area contributed by atoms with Crippen LogP contribution in [0.5, 0.6) is 5.75 Å². The maximum Gasteiger partial charge on any atom is 0.707 e. The van der Waals surface area contributed by atoms with Crippen molar-refractivity contribution in [2.45, 2.75) is 0 Å². The Bertz CT molecular complexity index is 304. The van der Waals surface area contributed by atoms with E-state index in [9.17, 15) is 4.79 Å². The van der Waals surface area contributed by atoms with Gasteiger partial charge in [-0.2, -0.15) is 6.08 Å². The van der Waals surface area contributed by atoms with Gasteiger partial charge < -0.3 is 24.6 Å². The molecule has 0 bridgehead atoms. The summed E-state index contributed by atoms with van der Waals surface area (Å²) in [5.74, 6) is -0.650. The Balaban J connectivity index is 0. The third kappa shape index (κ3) is 11.0. The number of carboxylic acids is 1. The molecule has 0 aliphatic carbocycles. The Morgan fingerprint density at radius 1 is 1.31 bits per heavy atom. The number of carbonyl (C=O) groups is 1. The fraction of sp³-hybridized carbons (Fsp3) is 0. The smallest absolute Gasteiger partial charge is 0.562 e. The summed E-state index contributed by atoms with van der Waals surface area (Å²) < 4.78 is 4.53. The summed E-state index contributed by atoms with van der Waals surface area (Å²) in [6.07, 6.45) is 0.583. The van der Waals surface area contributed by atoms with Crippen LogP contribution in [0.25, 0.3) is 0 Å². The van der Waals surface area contributed by atoms with Crippen LogP contribution >= 0.6 is 0 Å². The molecule has 7 heteroatoms. The van der Waals surface area contributed by atoms with Crippen molar-refractivity contribution >= 4 is 13.3 Å². The Morgan fingerprint density at radius 2 is 1.75 bits per heavy atom. The predicted molar refractivity (Wildman–Crippen MR) is 53.8 cm³/mol. The van der Waals surface area contributed by atoms with Crippen molar-refractivity contribution in [2.75, 3.05) is 0 Å². The molecule has 0 spiro atoms. The number of para-hydroxylation sites is 1. The van der Waals surface area contributed by atoms with Gasteiger partial charge in [0.05, 0.1) is 0 Å². The Hall–Kier alpha value is -1.10. The van der Waals surface area contributed by atoms with Crippen molar-refractivity contribution in [2.24, 2.45) is 0 Å². The van der Waals surface area contributed by atoms with Gasteiger partial charge in [0.2, 0.25) is 0 Å². The van der Waals surface area contributed by atoms with Crippen LogP contribution in [0.1, 0.15) is 0 Å². The molecule has 0 aromatic heterocycles. The maximum atomic E-state index is 9.19. The number of rotatable bonds is 3. The maximum absolute atomic E-state index is 9.19. The molecule has 0 fully saturated rings. The molecule has 0 amide bonds. The zero-order valence-electron chi connectivity index (χ0n) is 8.19. The largest absolute Gasteiger partial charge is 0.707 e.